The largest absolute Gasteiger partial charge is 0.481 e. The predicted octanol–water partition coefficient (Wildman–Crippen LogP) is 3.39. The van der Waals surface area contributed by atoms with Crippen LogP contribution in [0.1, 0.15) is 54.4 Å². The Balaban J connectivity index is 1.22. The van der Waals surface area contributed by atoms with E-state index in [1.165, 1.54) is 20.0 Å². The minimum Gasteiger partial charge on any atom is -0.481 e. The normalized spacial score (nSPS) is 23.7. The van der Waals surface area contributed by atoms with Gasteiger partial charge in [-0.2, -0.15) is 4.98 Å². The third kappa shape index (κ3) is 4.82. The summed E-state index contributed by atoms with van der Waals surface area (Å²) in [5, 5.41) is 0. The molecule has 2 aliphatic heterocycles. The molecular formula is C26H32N4O5. The van der Waals surface area contributed by atoms with E-state index in [-0.39, 0.29) is 23.8 Å². The van der Waals surface area contributed by atoms with Crippen LogP contribution in [0.2, 0.25) is 0 Å². The number of likely N-dealkylation sites (N-methyl/N-ethyl adjacent to an activating group) is 1. The zero-order chi connectivity index (χ0) is 24.4. The van der Waals surface area contributed by atoms with Gasteiger partial charge in [0.15, 0.2) is 0 Å². The summed E-state index contributed by atoms with van der Waals surface area (Å²) in [5.74, 6) is 0.659. The Labute approximate surface area is 205 Å². The van der Waals surface area contributed by atoms with E-state index in [2.05, 4.69) is 14.9 Å². The zero-order valence-corrected chi connectivity index (χ0v) is 20.4. The number of hydrogen-bond donors (Lipinski definition) is 0. The Morgan fingerprint density at radius 1 is 1.23 bits per heavy atom. The first-order chi connectivity index (χ1) is 17.0. The molecule has 1 aromatic heterocycles. The second-order valence-corrected chi connectivity index (χ2v) is 9.66. The lowest BCUT2D eigenvalue weighted by atomic mass is 9.74. The number of carbonyl (C=O) groups excluding carboxylic acids is 2. The van der Waals surface area contributed by atoms with Crippen molar-refractivity contribution in [3.63, 3.8) is 0 Å². The van der Waals surface area contributed by atoms with Gasteiger partial charge >= 0.3 is 12.0 Å². The van der Waals surface area contributed by atoms with E-state index in [1.807, 2.05) is 18.0 Å². The number of methoxy groups -OCH3 is 1. The van der Waals surface area contributed by atoms with Gasteiger partial charge in [-0.25, -0.2) is 9.78 Å². The summed E-state index contributed by atoms with van der Waals surface area (Å²) in [5.41, 5.74) is 0.704. The predicted molar refractivity (Wildman–Crippen MR) is 127 cm³/mol. The molecule has 0 radical (unpaired) electrons. The average molecular weight is 481 g/mol. The van der Waals surface area contributed by atoms with E-state index in [0.717, 1.165) is 31.7 Å². The van der Waals surface area contributed by atoms with Crippen molar-refractivity contribution < 1.29 is 23.8 Å². The van der Waals surface area contributed by atoms with Crippen molar-refractivity contribution in [2.75, 3.05) is 40.3 Å². The van der Waals surface area contributed by atoms with Crippen LogP contribution in [0.4, 0.5) is 0 Å². The number of likely N-dealkylation sites (tertiary alicyclic amines) is 1. The molecule has 1 saturated heterocycles. The number of fused-ring (bicyclic) bond motifs is 2. The van der Waals surface area contributed by atoms with Gasteiger partial charge in [-0.3, -0.25) is 4.79 Å². The molecule has 1 aliphatic carbocycles. The molecule has 35 heavy (non-hydrogen) atoms. The molecule has 1 aromatic carbocycles. The average Bonchev–Trinajstić information content (AvgIpc) is 3.49. The Kier molecular flexibility index (Phi) is 6.60. The first kappa shape index (κ1) is 23.5. The summed E-state index contributed by atoms with van der Waals surface area (Å²) >= 11 is 0. The van der Waals surface area contributed by atoms with Crippen molar-refractivity contribution in [1.29, 1.82) is 0 Å². The number of nitrogens with zero attached hydrogens (tertiary/aromatic N) is 4. The highest BCUT2D eigenvalue weighted by Gasteiger charge is 2.48. The molecular weight excluding hydrogens is 448 g/mol. The smallest absolute Gasteiger partial charge is 0.339 e. The lowest BCUT2D eigenvalue weighted by Gasteiger charge is -2.37. The monoisotopic (exact) mass is 480 g/mol. The molecule has 0 atom stereocenters. The van der Waals surface area contributed by atoms with Gasteiger partial charge in [-0.1, -0.05) is 6.07 Å². The highest BCUT2D eigenvalue weighted by molar-refractivity contribution is 5.95. The molecule has 0 bridgehead atoms. The molecule has 0 N–H and O–H groups in total. The Hall–Kier alpha value is -3.20. The van der Waals surface area contributed by atoms with E-state index in [4.69, 9.17) is 14.2 Å². The quantitative estimate of drug-likeness (QED) is 0.557. The molecule has 1 spiro atoms. The summed E-state index contributed by atoms with van der Waals surface area (Å²) in [6.45, 7) is 3.98. The van der Waals surface area contributed by atoms with Crippen LogP contribution in [-0.4, -0.2) is 72.0 Å². The van der Waals surface area contributed by atoms with E-state index >= 15 is 0 Å². The van der Waals surface area contributed by atoms with Crippen molar-refractivity contribution in [3.05, 3.63) is 41.6 Å². The second-order valence-electron chi connectivity index (χ2n) is 9.66. The van der Waals surface area contributed by atoms with Crippen molar-refractivity contribution in [2.45, 2.75) is 44.1 Å². The van der Waals surface area contributed by atoms with Gasteiger partial charge in [-0.15, -0.1) is 0 Å². The van der Waals surface area contributed by atoms with E-state index in [9.17, 15) is 9.59 Å². The first-order valence-corrected chi connectivity index (χ1v) is 12.4. The molecule has 1 saturated carbocycles. The van der Waals surface area contributed by atoms with E-state index < -0.39 is 5.60 Å². The van der Waals surface area contributed by atoms with Gasteiger partial charge in [0.1, 0.15) is 11.4 Å². The van der Waals surface area contributed by atoms with Gasteiger partial charge in [0.05, 0.1) is 12.7 Å². The van der Waals surface area contributed by atoms with Crippen LogP contribution < -0.4 is 9.47 Å². The summed E-state index contributed by atoms with van der Waals surface area (Å²) in [7, 11) is 3.42. The molecule has 2 fully saturated rings. The molecule has 2 aromatic rings. The SMILES string of the molecule is COc1ccnc(Oc2ccc3c(c2)C(=O)OC32CCC(C(=O)N(C)CCN3CCCC3)CC2)n1. The second kappa shape index (κ2) is 9.81. The number of hydrogen-bond acceptors (Lipinski definition) is 8. The van der Waals surface area contributed by atoms with Gasteiger partial charge < -0.3 is 24.0 Å². The Morgan fingerprint density at radius 3 is 2.74 bits per heavy atom. The number of amides is 1. The molecule has 9 heteroatoms. The number of benzene rings is 1. The molecule has 3 heterocycles. The number of rotatable bonds is 7. The number of carbonyl (C=O) groups is 2. The molecule has 0 unspecified atom stereocenters. The first-order valence-electron chi connectivity index (χ1n) is 12.4. The summed E-state index contributed by atoms with van der Waals surface area (Å²) in [6.07, 6.45) is 6.74. The highest BCUT2D eigenvalue weighted by Crippen LogP contribution is 2.49. The maximum absolute atomic E-state index is 13.0. The molecule has 1 amide bonds. The van der Waals surface area contributed by atoms with Crippen LogP contribution >= 0.6 is 0 Å². The Bertz CT molecular complexity index is 1090. The fourth-order valence-electron chi connectivity index (χ4n) is 5.46. The molecule has 9 nitrogen and oxygen atoms in total. The van der Waals surface area contributed by atoms with Crippen LogP contribution in [0.15, 0.2) is 30.5 Å². The maximum atomic E-state index is 13.0. The molecule has 186 valence electrons. The van der Waals surface area contributed by atoms with Crippen LogP contribution in [-0.2, 0) is 15.1 Å². The maximum Gasteiger partial charge on any atom is 0.339 e. The van der Waals surface area contributed by atoms with Crippen LogP contribution in [0, 0.1) is 5.92 Å². The van der Waals surface area contributed by atoms with Gasteiger partial charge in [0.25, 0.3) is 0 Å². The lowest BCUT2D eigenvalue weighted by Crippen LogP contribution is -2.41. The molecule has 3 aliphatic rings. The van der Waals surface area contributed by atoms with Crippen molar-refractivity contribution in [1.82, 2.24) is 19.8 Å². The highest BCUT2D eigenvalue weighted by atomic mass is 16.6. The van der Waals surface area contributed by atoms with Gasteiger partial charge in [-0.05, 0) is 63.7 Å². The van der Waals surface area contributed by atoms with Crippen molar-refractivity contribution in [3.8, 4) is 17.6 Å². The van der Waals surface area contributed by atoms with Gasteiger partial charge in [0, 0.05) is 43.9 Å². The van der Waals surface area contributed by atoms with Crippen LogP contribution in [0.25, 0.3) is 0 Å². The van der Waals surface area contributed by atoms with Crippen LogP contribution in [0.3, 0.4) is 0 Å². The van der Waals surface area contributed by atoms with Crippen LogP contribution in [0.5, 0.6) is 17.6 Å². The zero-order valence-electron chi connectivity index (χ0n) is 20.4. The Morgan fingerprint density at radius 2 is 2.00 bits per heavy atom. The number of aromatic nitrogens is 2. The topological polar surface area (TPSA) is 94.1 Å². The third-order valence-electron chi connectivity index (χ3n) is 7.49. The van der Waals surface area contributed by atoms with E-state index in [0.29, 0.717) is 42.9 Å². The van der Waals surface area contributed by atoms with Gasteiger partial charge in [0.2, 0.25) is 11.8 Å². The fraction of sp³-hybridized carbons (Fsp3) is 0.538. The minimum absolute atomic E-state index is 0.0280. The fourth-order valence-corrected chi connectivity index (χ4v) is 5.46. The van der Waals surface area contributed by atoms with Crippen molar-refractivity contribution >= 4 is 11.9 Å². The number of esters is 1. The summed E-state index contributed by atoms with van der Waals surface area (Å²) < 4.78 is 16.8. The van der Waals surface area contributed by atoms with E-state index in [1.54, 1.807) is 24.4 Å². The third-order valence-corrected chi connectivity index (χ3v) is 7.49. The number of ether oxygens (including phenoxy) is 3. The lowest BCUT2D eigenvalue weighted by molar-refractivity contribution is -0.137. The summed E-state index contributed by atoms with van der Waals surface area (Å²) in [6, 6.07) is 7.13. The molecule has 5 rings (SSSR count). The summed E-state index contributed by atoms with van der Waals surface area (Å²) in [4.78, 5) is 38.3. The minimum atomic E-state index is -0.664. The standard InChI is InChI=1S/C26H32N4O5/c1-29(15-16-30-13-3-4-14-30)23(31)18-7-10-26(11-8-18)21-6-5-19(17-20(21)24(32)35-26)34-25-27-12-9-22(28-25)33-2/h5-6,9,12,17-18H,3-4,7-8,10-11,13-16H2,1-2H3. The van der Waals surface area contributed by atoms with Crippen molar-refractivity contribution in [2.24, 2.45) is 5.92 Å².